The van der Waals surface area contributed by atoms with Gasteiger partial charge in [-0.3, -0.25) is 4.79 Å². The van der Waals surface area contributed by atoms with Gasteiger partial charge in [-0.25, -0.2) is 0 Å². The van der Waals surface area contributed by atoms with Gasteiger partial charge in [-0.05, 0) is 11.1 Å². The first-order valence-electron chi connectivity index (χ1n) is 5.57. The van der Waals surface area contributed by atoms with Crippen LogP contribution in [0.3, 0.4) is 0 Å². The van der Waals surface area contributed by atoms with Crippen molar-refractivity contribution in [2.75, 3.05) is 0 Å². The van der Waals surface area contributed by atoms with Gasteiger partial charge in [0.2, 0.25) is 0 Å². The van der Waals surface area contributed by atoms with Gasteiger partial charge in [0.15, 0.2) is 0 Å². The number of hydrogen-bond acceptors (Lipinski definition) is 3. The number of ether oxygens (including phenoxy) is 1. The van der Waals surface area contributed by atoms with Crippen molar-refractivity contribution in [3.8, 4) is 0 Å². The molecule has 0 radical (unpaired) electrons. The van der Waals surface area contributed by atoms with Gasteiger partial charge in [0.05, 0.1) is 12.0 Å². The van der Waals surface area contributed by atoms with Crippen LogP contribution in [0.1, 0.15) is 43.6 Å². The normalized spacial score (nSPS) is 23.2. The van der Waals surface area contributed by atoms with Crippen LogP contribution in [0.4, 0.5) is 0 Å². The van der Waals surface area contributed by atoms with Crippen molar-refractivity contribution in [1.29, 1.82) is 0 Å². The number of esters is 1. The molecule has 0 amide bonds. The van der Waals surface area contributed by atoms with E-state index in [1.807, 2.05) is 24.3 Å². The van der Waals surface area contributed by atoms with E-state index in [2.05, 4.69) is 0 Å². The Bertz CT molecular complexity index is 398. The lowest BCUT2D eigenvalue weighted by Crippen LogP contribution is -2.14. The molecule has 1 aliphatic rings. The lowest BCUT2D eigenvalue weighted by atomic mass is 10.1. The van der Waals surface area contributed by atoms with E-state index in [1.165, 1.54) is 0 Å². The molecule has 0 saturated carbocycles. The molecule has 2 atom stereocenters. The first-order chi connectivity index (χ1) is 7.59. The third-order valence-electron chi connectivity index (χ3n) is 2.87. The van der Waals surface area contributed by atoms with Crippen LogP contribution in [0.25, 0.3) is 0 Å². The van der Waals surface area contributed by atoms with Crippen LogP contribution < -0.4 is 0 Å². The summed E-state index contributed by atoms with van der Waals surface area (Å²) in [5.74, 6) is -0.348. The van der Waals surface area contributed by atoms with Crippen LogP contribution in [0.5, 0.6) is 0 Å². The zero-order valence-electron chi connectivity index (χ0n) is 9.51. The molecule has 3 nitrogen and oxygen atoms in total. The smallest absolute Gasteiger partial charge is 0.308 e. The Labute approximate surface area is 95.0 Å². The number of aliphatic hydroxyl groups is 1. The van der Waals surface area contributed by atoms with Crippen molar-refractivity contribution in [2.24, 2.45) is 5.92 Å². The summed E-state index contributed by atoms with van der Waals surface area (Å²) >= 11 is 0. The number of rotatable bonds is 2. The van der Waals surface area contributed by atoms with Gasteiger partial charge in [-0.2, -0.15) is 0 Å². The van der Waals surface area contributed by atoms with Crippen LogP contribution >= 0.6 is 0 Å². The molecule has 16 heavy (non-hydrogen) atoms. The summed E-state index contributed by atoms with van der Waals surface area (Å²) < 4.78 is 5.37. The van der Waals surface area contributed by atoms with E-state index in [9.17, 15) is 9.90 Å². The van der Waals surface area contributed by atoms with Gasteiger partial charge in [0, 0.05) is 6.42 Å². The highest BCUT2D eigenvalue weighted by Gasteiger charge is 2.32. The molecule has 86 valence electrons. The van der Waals surface area contributed by atoms with Gasteiger partial charge in [0.25, 0.3) is 0 Å². The molecular formula is C13H16O3. The molecule has 0 aromatic heterocycles. The first kappa shape index (κ1) is 11.1. The SMILES string of the molecule is CC(C)C(=O)O[C@@H]1C[C@H](O)c2ccccc21. The highest BCUT2D eigenvalue weighted by molar-refractivity contribution is 5.72. The molecule has 0 bridgehead atoms. The van der Waals surface area contributed by atoms with Crippen LogP contribution in [0.2, 0.25) is 0 Å². The summed E-state index contributed by atoms with van der Waals surface area (Å²) in [6, 6.07) is 7.56. The van der Waals surface area contributed by atoms with Crippen LogP contribution in [0.15, 0.2) is 24.3 Å². The lowest BCUT2D eigenvalue weighted by molar-refractivity contribution is -0.153. The molecule has 0 fully saturated rings. The Morgan fingerprint density at radius 2 is 2.00 bits per heavy atom. The van der Waals surface area contributed by atoms with Gasteiger partial charge >= 0.3 is 5.97 Å². The average Bonchev–Trinajstić information content (AvgIpc) is 2.57. The summed E-state index contributed by atoms with van der Waals surface area (Å²) in [6.45, 7) is 3.61. The van der Waals surface area contributed by atoms with Gasteiger partial charge in [-0.15, -0.1) is 0 Å². The Morgan fingerprint density at radius 3 is 2.62 bits per heavy atom. The lowest BCUT2D eigenvalue weighted by Gasteiger charge is -2.14. The Morgan fingerprint density at radius 1 is 1.38 bits per heavy atom. The predicted octanol–water partition coefficient (Wildman–Crippen LogP) is 2.36. The highest BCUT2D eigenvalue weighted by Crippen LogP contribution is 2.40. The molecule has 0 unspecified atom stereocenters. The summed E-state index contributed by atoms with van der Waals surface area (Å²) in [7, 11) is 0. The van der Waals surface area contributed by atoms with Crippen LogP contribution in [0, 0.1) is 5.92 Å². The third-order valence-corrected chi connectivity index (χ3v) is 2.87. The zero-order chi connectivity index (χ0) is 11.7. The van der Waals surface area contributed by atoms with Gasteiger partial charge in [-0.1, -0.05) is 38.1 Å². The summed E-state index contributed by atoms with van der Waals surface area (Å²) in [6.07, 6.45) is -0.333. The van der Waals surface area contributed by atoms with E-state index < -0.39 is 6.10 Å². The molecule has 1 aliphatic carbocycles. The number of fused-ring (bicyclic) bond motifs is 1. The average molecular weight is 220 g/mol. The van der Waals surface area contributed by atoms with Crippen molar-refractivity contribution in [2.45, 2.75) is 32.5 Å². The fraction of sp³-hybridized carbons (Fsp3) is 0.462. The minimum absolute atomic E-state index is 0.134. The molecule has 1 aromatic rings. The molecule has 2 rings (SSSR count). The number of benzene rings is 1. The number of carbonyl (C=O) groups is 1. The minimum Gasteiger partial charge on any atom is -0.457 e. The molecule has 0 saturated heterocycles. The number of hydrogen-bond donors (Lipinski definition) is 1. The maximum atomic E-state index is 11.5. The Kier molecular flexibility index (Phi) is 2.97. The standard InChI is InChI=1S/C13H16O3/c1-8(2)13(15)16-12-7-11(14)9-5-3-4-6-10(9)12/h3-6,8,11-12,14H,7H2,1-2H3/t11-,12+/m0/s1. The molecule has 0 heterocycles. The third kappa shape index (κ3) is 1.95. The molecule has 1 N–H and O–H groups in total. The fourth-order valence-electron chi connectivity index (χ4n) is 1.95. The predicted molar refractivity (Wildman–Crippen MR) is 59.7 cm³/mol. The summed E-state index contributed by atoms with van der Waals surface area (Å²) in [5.41, 5.74) is 1.81. The van der Waals surface area contributed by atoms with Gasteiger partial charge < -0.3 is 9.84 Å². The van der Waals surface area contributed by atoms with Crippen LogP contribution in [-0.4, -0.2) is 11.1 Å². The van der Waals surface area contributed by atoms with E-state index in [4.69, 9.17) is 4.74 Å². The van der Waals surface area contributed by atoms with E-state index in [0.29, 0.717) is 6.42 Å². The molecule has 1 aromatic carbocycles. The summed E-state index contributed by atoms with van der Waals surface area (Å²) in [4.78, 5) is 11.5. The van der Waals surface area contributed by atoms with Crippen molar-refractivity contribution in [1.82, 2.24) is 0 Å². The van der Waals surface area contributed by atoms with Crippen LogP contribution in [-0.2, 0) is 9.53 Å². The highest BCUT2D eigenvalue weighted by atomic mass is 16.5. The topological polar surface area (TPSA) is 46.5 Å². The maximum absolute atomic E-state index is 11.5. The first-order valence-corrected chi connectivity index (χ1v) is 5.57. The van der Waals surface area contributed by atoms with Gasteiger partial charge in [0.1, 0.15) is 6.10 Å². The quantitative estimate of drug-likeness (QED) is 0.778. The molecule has 0 aliphatic heterocycles. The number of carbonyl (C=O) groups excluding carboxylic acids is 1. The van der Waals surface area contributed by atoms with E-state index in [1.54, 1.807) is 13.8 Å². The van der Waals surface area contributed by atoms with Crippen molar-refractivity contribution >= 4 is 5.97 Å². The second kappa shape index (κ2) is 4.26. The summed E-state index contributed by atoms with van der Waals surface area (Å²) in [5, 5.41) is 9.81. The molecular weight excluding hydrogens is 204 g/mol. The monoisotopic (exact) mass is 220 g/mol. The Hall–Kier alpha value is -1.35. The zero-order valence-corrected chi connectivity index (χ0v) is 9.51. The van der Waals surface area contributed by atoms with Crippen molar-refractivity contribution in [3.05, 3.63) is 35.4 Å². The number of aliphatic hydroxyl groups excluding tert-OH is 1. The Balaban J connectivity index is 2.18. The molecule has 0 spiro atoms. The van der Waals surface area contributed by atoms with E-state index in [-0.39, 0.29) is 18.0 Å². The van der Waals surface area contributed by atoms with E-state index in [0.717, 1.165) is 11.1 Å². The maximum Gasteiger partial charge on any atom is 0.308 e. The minimum atomic E-state index is -0.513. The van der Waals surface area contributed by atoms with Crippen molar-refractivity contribution < 1.29 is 14.6 Å². The van der Waals surface area contributed by atoms with Crippen molar-refractivity contribution in [3.63, 3.8) is 0 Å². The second-order valence-electron chi connectivity index (χ2n) is 4.46. The largest absolute Gasteiger partial charge is 0.457 e. The van der Waals surface area contributed by atoms with E-state index >= 15 is 0 Å². The fourth-order valence-corrected chi connectivity index (χ4v) is 1.95. The second-order valence-corrected chi connectivity index (χ2v) is 4.46. The molecule has 3 heteroatoms.